The summed E-state index contributed by atoms with van der Waals surface area (Å²) < 4.78 is 20.5. The van der Waals surface area contributed by atoms with Crippen LogP contribution < -0.4 is 4.74 Å². The fourth-order valence-corrected chi connectivity index (χ4v) is 2.71. The average molecular weight is 287 g/mol. The number of carbonyl (C=O) groups is 1. The molecule has 0 saturated heterocycles. The van der Waals surface area contributed by atoms with Gasteiger partial charge in [-0.3, -0.25) is 4.79 Å². The van der Waals surface area contributed by atoms with Crippen LogP contribution in [0.15, 0.2) is 30.3 Å². The maximum Gasteiger partial charge on any atom is 0.202 e. The normalized spacial score (nSPS) is 14.2. The summed E-state index contributed by atoms with van der Waals surface area (Å²) in [6.45, 7) is 3.99. The number of ketones is 1. The van der Waals surface area contributed by atoms with Crippen molar-refractivity contribution in [2.24, 2.45) is 0 Å². The van der Waals surface area contributed by atoms with E-state index in [1.807, 2.05) is 19.9 Å². The monoisotopic (exact) mass is 287 g/mol. The number of ether oxygens (including phenoxy) is 1. The van der Waals surface area contributed by atoms with Crippen molar-refractivity contribution in [2.45, 2.75) is 32.7 Å². The van der Waals surface area contributed by atoms with E-state index in [2.05, 4.69) is 4.57 Å². The molecular formula is C17H18FNO2. The van der Waals surface area contributed by atoms with E-state index in [4.69, 9.17) is 4.74 Å². The SMILES string of the molecule is Cc1cc(C(=O)COc2ccc(F)cc2)c(C)n1C1CC1. The number of aryl methyl sites for hydroxylation is 1. The number of rotatable bonds is 5. The molecule has 3 nitrogen and oxygen atoms in total. The molecule has 1 aliphatic carbocycles. The fraction of sp³-hybridized carbons (Fsp3) is 0.353. The standard InChI is InChI=1S/C17H18FNO2/c1-11-9-16(12(2)19(11)14-5-6-14)17(20)10-21-15-7-3-13(18)4-8-15/h3-4,7-9,14H,5-6,10H2,1-2H3. The van der Waals surface area contributed by atoms with E-state index in [0.29, 0.717) is 11.8 Å². The Hall–Kier alpha value is -2.10. The minimum atomic E-state index is -0.318. The van der Waals surface area contributed by atoms with Gasteiger partial charge in [0.1, 0.15) is 11.6 Å². The first-order valence-electron chi connectivity index (χ1n) is 7.16. The van der Waals surface area contributed by atoms with Gasteiger partial charge >= 0.3 is 0 Å². The lowest BCUT2D eigenvalue weighted by Crippen LogP contribution is -2.12. The predicted octanol–water partition coefficient (Wildman–Crippen LogP) is 3.84. The van der Waals surface area contributed by atoms with Gasteiger partial charge in [0, 0.05) is 23.0 Å². The highest BCUT2D eigenvalue weighted by Gasteiger charge is 2.28. The number of benzene rings is 1. The van der Waals surface area contributed by atoms with Gasteiger partial charge in [-0.15, -0.1) is 0 Å². The first-order valence-corrected chi connectivity index (χ1v) is 7.16. The largest absolute Gasteiger partial charge is 0.485 e. The van der Waals surface area contributed by atoms with E-state index in [1.54, 1.807) is 0 Å². The lowest BCUT2D eigenvalue weighted by Gasteiger charge is -2.08. The van der Waals surface area contributed by atoms with E-state index < -0.39 is 0 Å². The Balaban J connectivity index is 1.71. The van der Waals surface area contributed by atoms with Gasteiger partial charge in [0.15, 0.2) is 6.61 Å². The summed E-state index contributed by atoms with van der Waals surface area (Å²) in [5.41, 5.74) is 2.87. The highest BCUT2D eigenvalue weighted by Crippen LogP contribution is 2.38. The molecule has 2 aromatic rings. The number of aromatic nitrogens is 1. The summed E-state index contributed by atoms with van der Waals surface area (Å²) in [4.78, 5) is 12.3. The van der Waals surface area contributed by atoms with Gasteiger partial charge in [-0.1, -0.05) is 0 Å². The predicted molar refractivity (Wildman–Crippen MR) is 78.4 cm³/mol. The van der Waals surface area contributed by atoms with Crippen molar-refractivity contribution in [3.8, 4) is 5.75 Å². The summed E-state index contributed by atoms with van der Waals surface area (Å²) in [6, 6.07) is 8.18. The zero-order valence-electron chi connectivity index (χ0n) is 12.2. The second-order valence-corrected chi connectivity index (χ2v) is 5.55. The Morgan fingerprint density at radius 3 is 2.57 bits per heavy atom. The van der Waals surface area contributed by atoms with Crippen LogP contribution in [-0.4, -0.2) is 17.0 Å². The van der Waals surface area contributed by atoms with Crippen LogP contribution in [0.3, 0.4) is 0 Å². The van der Waals surface area contributed by atoms with Crippen molar-refractivity contribution in [3.63, 3.8) is 0 Å². The molecule has 1 saturated carbocycles. The van der Waals surface area contributed by atoms with Gasteiger partial charge in [-0.05, 0) is 57.0 Å². The van der Waals surface area contributed by atoms with Crippen LogP contribution in [-0.2, 0) is 0 Å². The molecule has 21 heavy (non-hydrogen) atoms. The highest BCUT2D eigenvalue weighted by atomic mass is 19.1. The molecule has 0 radical (unpaired) electrons. The van der Waals surface area contributed by atoms with E-state index in [-0.39, 0.29) is 18.2 Å². The van der Waals surface area contributed by atoms with Crippen molar-refractivity contribution in [1.82, 2.24) is 4.57 Å². The Morgan fingerprint density at radius 1 is 1.29 bits per heavy atom. The third kappa shape index (κ3) is 2.84. The second-order valence-electron chi connectivity index (χ2n) is 5.55. The van der Waals surface area contributed by atoms with Crippen LogP contribution in [0.4, 0.5) is 4.39 Å². The Bertz CT molecular complexity index is 669. The molecular weight excluding hydrogens is 269 g/mol. The van der Waals surface area contributed by atoms with Crippen molar-refractivity contribution in [2.75, 3.05) is 6.61 Å². The summed E-state index contributed by atoms with van der Waals surface area (Å²) >= 11 is 0. The van der Waals surface area contributed by atoms with E-state index >= 15 is 0 Å². The van der Waals surface area contributed by atoms with Crippen molar-refractivity contribution >= 4 is 5.78 Å². The van der Waals surface area contributed by atoms with Crippen LogP contribution in [0.1, 0.15) is 40.6 Å². The molecule has 0 atom stereocenters. The van der Waals surface area contributed by atoms with Gasteiger partial charge in [-0.25, -0.2) is 4.39 Å². The van der Waals surface area contributed by atoms with Gasteiger partial charge in [-0.2, -0.15) is 0 Å². The smallest absolute Gasteiger partial charge is 0.202 e. The van der Waals surface area contributed by atoms with Crippen LogP contribution >= 0.6 is 0 Å². The van der Waals surface area contributed by atoms with Gasteiger partial charge in [0.25, 0.3) is 0 Å². The molecule has 1 aromatic heterocycles. The third-order valence-corrected chi connectivity index (χ3v) is 3.88. The molecule has 4 heteroatoms. The first kappa shape index (κ1) is 13.9. The van der Waals surface area contributed by atoms with E-state index in [9.17, 15) is 9.18 Å². The fourth-order valence-electron chi connectivity index (χ4n) is 2.71. The van der Waals surface area contributed by atoms with Crippen LogP contribution in [0.25, 0.3) is 0 Å². The summed E-state index contributed by atoms with van der Waals surface area (Å²) in [5.74, 6) is 0.140. The van der Waals surface area contributed by atoms with Crippen LogP contribution in [0.5, 0.6) is 5.75 Å². The van der Waals surface area contributed by atoms with Crippen molar-refractivity contribution in [1.29, 1.82) is 0 Å². The van der Waals surface area contributed by atoms with E-state index in [1.165, 1.54) is 37.1 Å². The van der Waals surface area contributed by atoms with Gasteiger partial charge < -0.3 is 9.30 Å². The number of hydrogen-bond donors (Lipinski definition) is 0. The van der Waals surface area contributed by atoms with Gasteiger partial charge in [0.05, 0.1) is 0 Å². The number of halogens is 1. The summed E-state index contributed by atoms with van der Waals surface area (Å²) in [5, 5.41) is 0. The minimum Gasteiger partial charge on any atom is -0.485 e. The first-order chi connectivity index (χ1) is 10.1. The molecule has 1 fully saturated rings. The molecule has 0 N–H and O–H groups in total. The molecule has 0 spiro atoms. The van der Waals surface area contributed by atoms with Crippen LogP contribution in [0, 0.1) is 19.7 Å². The Kier molecular flexibility index (Phi) is 3.53. The molecule has 0 aliphatic heterocycles. The number of Topliss-reactive ketones (excluding diaryl/α,β-unsaturated/α-hetero) is 1. The average Bonchev–Trinajstić information content (AvgIpc) is 3.24. The molecule has 0 amide bonds. The Morgan fingerprint density at radius 2 is 1.95 bits per heavy atom. The zero-order chi connectivity index (χ0) is 15.0. The molecule has 0 bridgehead atoms. The second kappa shape index (κ2) is 5.35. The molecule has 1 heterocycles. The number of nitrogens with zero attached hydrogens (tertiary/aromatic N) is 1. The lowest BCUT2D eigenvalue weighted by atomic mass is 10.1. The maximum atomic E-state index is 12.8. The highest BCUT2D eigenvalue weighted by molar-refractivity contribution is 5.98. The quantitative estimate of drug-likeness (QED) is 0.782. The summed E-state index contributed by atoms with van der Waals surface area (Å²) in [7, 11) is 0. The topological polar surface area (TPSA) is 31.2 Å². The van der Waals surface area contributed by atoms with E-state index in [0.717, 1.165) is 17.0 Å². The molecule has 0 unspecified atom stereocenters. The van der Waals surface area contributed by atoms with Gasteiger partial charge in [0.2, 0.25) is 5.78 Å². The molecule has 1 aromatic carbocycles. The van der Waals surface area contributed by atoms with Crippen molar-refractivity contribution < 1.29 is 13.9 Å². The molecule has 110 valence electrons. The minimum absolute atomic E-state index is 0.0272. The maximum absolute atomic E-state index is 12.8. The molecule has 3 rings (SSSR count). The zero-order valence-corrected chi connectivity index (χ0v) is 12.2. The lowest BCUT2D eigenvalue weighted by molar-refractivity contribution is 0.0921. The number of hydrogen-bond acceptors (Lipinski definition) is 2. The number of carbonyl (C=O) groups excluding carboxylic acids is 1. The summed E-state index contributed by atoms with van der Waals surface area (Å²) in [6.07, 6.45) is 2.38. The van der Waals surface area contributed by atoms with Crippen LogP contribution in [0.2, 0.25) is 0 Å². The van der Waals surface area contributed by atoms with Crippen molar-refractivity contribution in [3.05, 3.63) is 53.1 Å². The Labute approximate surface area is 123 Å². The molecule has 1 aliphatic rings. The third-order valence-electron chi connectivity index (χ3n) is 3.88.